The van der Waals surface area contributed by atoms with Crippen LogP contribution in [-0.2, 0) is 19.4 Å². The van der Waals surface area contributed by atoms with Crippen molar-refractivity contribution in [1.82, 2.24) is 5.32 Å². The Morgan fingerprint density at radius 1 is 1.53 bits per heavy atom. The molecule has 1 amide bonds. The Kier molecular flexibility index (Phi) is 4.10. The molecule has 0 aromatic carbocycles. The van der Waals surface area contributed by atoms with Crippen molar-refractivity contribution in [3.63, 3.8) is 0 Å². The first-order valence-electron chi connectivity index (χ1n) is 5.06. The first kappa shape index (κ1) is 12.4. The Labute approximate surface area is 90.1 Å². The fourth-order valence-corrected chi connectivity index (χ4v) is 2.16. The molecule has 88 valence electrons. The lowest BCUT2D eigenvalue weighted by Crippen LogP contribution is -2.42. The molecule has 1 saturated heterocycles. The van der Waals surface area contributed by atoms with E-state index in [1.807, 2.05) is 6.92 Å². The van der Waals surface area contributed by atoms with Crippen molar-refractivity contribution in [3.05, 3.63) is 0 Å². The average molecular weight is 235 g/mol. The fourth-order valence-electron chi connectivity index (χ4n) is 1.47. The van der Waals surface area contributed by atoms with Gasteiger partial charge in [0.25, 0.3) is 0 Å². The minimum atomic E-state index is -3.23. The molecule has 1 N–H and O–H groups in total. The third-order valence-corrected chi connectivity index (χ3v) is 4.10. The number of hydrogen-bond acceptors (Lipinski definition) is 4. The van der Waals surface area contributed by atoms with Gasteiger partial charge in [-0.05, 0) is 13.3 Å². The molecule has 1 heterocycles. The van der Waals surface area contributed by atoms with Gasteiger partial charge in [0.05, 0.1) is 12.1 Å². The van der Waals surface area contributed by atoms with E-state index in [0.29, 0.717) is 6.61 Å². The van der Waals surface area contributed by atoms with Crippen LogP contribution in [0.3, 0.4) is 0 Å². The van der Waals surface area contributed by atoms with E-state index in [1.165, 1.54) is 6.92 Å². The third kappa shape index (κ3) is 3.79. The lowest BCUT2D eigenvalue weighted by molar-refractivity contribution is -0.119. The molecular weight excluding hydrogens is 218 g/mol. The number of amides is 1. The van der Waals surface area contributed by atoms with Crippen LogP contribution in [-0.4, -0.2) is 44.6 Å². The molecule has 5 nitrogen and oxygen atoms in total. The Balaban J connectivity index is 2.43. The van der Waals surface area contributed by atoms with Crippen molar-refractivity contribution in [2.75, 3.05) is 18.1 Å². The molecule has 0 bridgehead atoms. The lowest BCUT2D eigenvalue weighted by Gasteiger charge is -2.15. The molecule has 0 saturated carbocycles. The van der Waals surface area contributed by atoms with Crippen molar-refractivity contribution in [1.29, 1.82) is 0 Å². The maximum absolute atomic E-state index is 11.4. The van der Waals surface area contributed by atoms with E-state index in [0.717, 1.165) is 6.42 Å². The minimum absolute atomic E-state index is 0.00284. The Morgan fingerprint density at radius 2 is 2.20 bits per heavy atom. The Bertz CT molecular complexity index is 325. The van der Waals surface area contributed by atoms with Crippen molar-refractivity contribution < 1.29 is 17.9 Å². The Morgan fingerprint density at radius 3 is 2.67 bits per heavy atom. The van der Waals surface area contributed by atoms with Crippen LogP contribution < -0.4 is 5.32 Å². The van der Waals surface area contributed by atoms with Gasteiger partial charge in [-0.1, -0.05) is 6.92 Å². The normalized spacial score (nSPS) is 26.5. The number of ether oxygens (including phenoxy) is 1. The second kappa shape index (κ2) is 4.94. The standard InChI is InChI=1S/C9H17NO4S/c1-3-15(12,13)6-9(11)10-8-4-5-14-7(8)2/h7-8H,3-6H2,1-2H3,(H,10,11). The van der Waals surface area contributed by atoms with Crippen LogP contribution in [0.25, 0.3) is 0 Å². The third-order valence-electron chi connectivity index (χ3n) is 2.51. The van der Waals surface area contributed by atoms with Gasteiger partial charge in [0.2, 0.25) is 5.91 Å². The fraction of sp³-hybridized carbons (Fsp3) is 0.889. The molecule has 15 heavy (non-hydrogen) atoms. The van der Waals surface area contributed by atoms with Crippen LogP contribution in [0.1, 0.15) is 20.3 Å². The van der Waals surface area contributed by atoms with Gasteiger partial charge in [-0.2, -0.15) is 0 Å². The summed E-state index contributed by atoms with van der Waals surface area (Å²) in [6.07, 6.45) is 0.720. The number of hydrogen-bond donors (Lipinski definition) is 1. The van der Waals surface area contributed by atoms with Crippen LogP contribution in [0.15, 0.2) is 0 Å². The van der Waals surface area contributed by atoms with Gasteiger partial charge in [-0.15, -0.1) is 0 Å². The predicted molar refractivity (Wildman–Crippen MR) is 56.3 cm³/mol. The van der Waals surface area contributed by atoms with E-state index >= 15 is 0 Å². The summed E-state index contributed by atoms with van der Waals surface area (Å²) in [6.45, 7) is 4.02. The predicted octanol–water partition coefficient (Wildman–Crippen LogP) is -0.285. The van der Waals surface area contributed by atoms with Crippen LogP contribution >= 0.6 is 0 Å². The first-order chi connectivity index (χ1) is 6.94. The highest BCUT2D eigenvalue weighted by Gasteiger charge is 2.26. The zero-order valence-electron chi connectivity index (χ0n) is 9.02. The molecule has 0 aliphatic carbocycles. The molecule has 0 radical (unpaired) electrons. The Hall–Kier alpha value is -0.620. The molecule has 1 rings (SSSR count). The van der Waals surface area contributed by atoms with E-state index in [9.17, 15) is 13.2 Å². The summed E-state index contributed by atoms with van der Waals surface area (Å²) in [5.74, 6) is -0.858. The smallest absolute Gasteiger partial charge is 0.235 e. The van der Waals surface area contributed by atoms with Gasteiger partial charge in [0, 0.05) is 12.4 Å². The zero-order chi connectivity index (χ0) is 11.5. The molecule has 2 unspecified atom stereocenters. The van der Waals surface area contributed by atoms with Gasteiger partial charge in [-0.3, -0.25) is 4.79 Å². The molecule has 6 heteroatoms. The molecule has 1 aliphatic rings. The molecule has 2 atom stereocenters. The lowest BCUT2D eigenvalue weighted by atomic mass is 10.1. The number of nitrogens with one attached hydrogen (secondary N) is 1. The quantitative estimate of drug-likeness (QED) is 0.727. The summed E-state index contributed by atoms with van der Waals surface area (Å²) in [6, 6.07) is -0.0513. The number of carbonyl (C=O) groups excluding carboxylic acids is 1. The summed E-state index contributed by atoms with van der Waals surface area (Å²) >= 11 is 0. The summed E-state index contributed by atoms with van der Waals surface area (Å²) in [5.41, 5.74) is 0. The van der Waals surface area contributed by atoms with Gasteiger partial charge in [0.1, 0.15) is 5.75 Å². The van der Waals surface area contributed by atoms with Crippen molar-refractivity contribution in [2.45, 2.75) is 32.4 Å². The van der Waals surface area contributed by atoms with E-state index in [-0.39, 0.29) is 17.9 Å². The summed E-state index contributed by atoms with van der Waals surface area (Å²) in [4.78, 5) is 11.4. The second-order valence-corrected chi connectivity index (χ2v) is 6.07. The van der Waals surface area contributed by atoms with Gasteiger partial charge >= 0.3 is 0 Å². The first-order valence-corrected chi connectivity index (χ1v) is 6.88. The number of carbonyl (C=O) groups is 1. The number of rotatable bonds is 4. The van der Waals surface area contributed by atoms with Crippen molar-refractivity contribution in [3.8, 4) is 0 Å². The van der Waals surface area contributed by atoms with E-state index < -0.39 is 21.5 Å². The van der Waals surface area contributed by atoms with Crippen molar-refractivity contribution in [2.24, 2.45) is 0 Å². The van der Waals surface area contributed by atoms with E-state index in [1.54, 1.807) is 0 Å². The second-order valence-electron chi connectivity index (χ2n) is 3.72. The molecule has 1 aliphatic heterocycles. The summed E-state index contributed by atoms with van der Waals surface area (Å²) in [7, 11) is -3.23. The molecule has 0 aromatic heterocycles. The monoisotopic (exact) mass is 235 g/mol. The SMILES string of the molecule is CCS(=O)(=O)CC(=O)NC1CCOC1C. The molecule has 0 aromatic rings. The highest BCUT2D eigenvalue weighted by molar-refractivity contribution is 7.92. The highest BCUT2D eigenvalue weighted by Crippen LogP contribution is 2.12. The van der Waals surface area contributed by atoms with Crippen LogP contribution in [0.5, 0.6) is 0 Å². The van der Waals surface area contributed by atoms with Gasteiger partial charge in [0.15, 0.2) is 9.84 Å². The minimum Gasteiger partial charge on any atom is -0.376 e. The van der Waals surface area contributed by atoms with Crippen molar-refractivity contribution >= 4 is 15.7 Å². The van der Waals surface area contributed by atoms with Crippen LogP contribution in [0.2, 0.25) is 0 Å². The summed E-state index contributed by atoms with van der Waals surface area (Å²) < 4.78 is 27.6. The highest BCUT2D eigenvalue weighted by atomic mass is 32.2. The average Bonchev–Trinajstić information content (AvgIpc) is 2.51. The topological polar surface area (TPSA) is 72.5 Å². The van der Waals surface area contributed by atoms with Crippen LogP contribution in [0, 0.1) is 0 Å². The zero-order valence-corrected chi connectivity index (χ0v) is 9.84. The van der Waals surface area contributed by atoms with Gasteiger partial charge < -0.3 is 10.1 Å². The molecule has 0 spiro atoms. The van der Waals surface area contributed by atoms with E-state index in [2.05, 4.69) is 5.32 Å². The molecular formula is C9H17NO4S. The summed E-state index contributed by atoms with van der Waals surface area (Å²) in [5, 5.41) is 2.68. The van der Waals surface area contributed by atoms with Gasteiger partial charge in [-0.25, -0.2) is 8.42 Å². The largest absolute Gasteiger partial charge is 0.376 e. The molecule has 1 fully saturated rings. The van der Waals surface area contributed by atoms with E-state index in [4.69, 9.17) is 4.74 Å². The maximum Gasteiger partial charge on any atom is 0.235 e. The number of sulfone groups is 1. The maximum atomic E-state index is 11.4. The van der Waals surface area contributed by atoms with Crippen LogP contribution in [0.4, 0.5) is 0 Å².